The van der Waals surface area contributed by atoms with Crippen molar-refractivity contribution in [3.05, 3.63) is 64.2 Å². The molecule has 2 saturated heterocycles. The third-order valence-electron chi connectivity index (χ3n) is 7.67. The first-order valence-electron chi connectivity index (χ1n) is 12.1. The largest absolute Gasteiger partial charge is 0.417 e. The lowest BCUT2D eigenvalue weighted by Crippen LogP contribution is -2.62. The molecule has 5 nitrogen and oxygen atoms in total. The Morgan fingerprint density at radius 2 is 1.81 bits per heavy atom. The number of amides is 1. The standard InChI is InChI=1S/C26H30ClF3N2O3S/c1-3-15-36(34,35)19-9-7-18(8-10-19)23(25-13-11-17(12-14-25)16-32(25)2)31-24(33)20-5-4-6-21(22(20)27)26(28,29)30/h4-10,17,23H,3,11-16H2,1-2H3,(H,31,33). The summed E-state index contributed by atoms with van der Waals surface area (Å²) in [4.78, 5) is 15.8. The Morgan fingerprint density at radius 3 is 2.36 bits per heavy atom. The second-order valence-corrected chi connectivity index (χ2v) is 12.4. The van der Waals surface area contributed by atoms with Crippen LogP contribution in [0.15, 0.2) is 47.4 Å². The van der Waals surface area contributed by atoms with E-state index in [-0.39, 0.29) is 16.2 Å². The van der Waals surface area contributed by atoms with Crippen molar-refractivity contribution in [2.24, 2.45) is 5.92 Å². The molecule has 196 valence electrons. The molecule has 3 fully saturated rings. The van der Waals surface area contributed by atoms with Crippen molar-refractivity contribution >= 4 is 27.3 Å². The molecule has 2 aliphatic heterocycles. The maximum Gasteiger partial charge on any atom is 0.417 e. The number of carbonyl (C=O) groups excluding carboxylic acids is 1. The number of carbonyl (C=O) groups is 1. The van der Waals surface area contributed by atoms with Gasteiger partial charge in [-0.25, -0.2) is 8.42 Å². The van der Waals surface area contributed by atoms with Crippen molar-refractivity contribution in [2.75, 3.05) is 19.3 Å². The number of sulfone groups is 1. The Balaban J connectivity index is 1.73. The number of nitrogens with zero attached hydrogens (tertiary/aromatic N) is 1. The fraction of sp³-hybridized carbons (Fsp3) is 0.500. The van der Waals surface area contributed by atoms with Crippen LogP contribution in [-0.4, -0.2) is 44.1 Å². The average molecular weight is 543 g/mol. The summed E-state index contributed by atoms with van der Waals surface area (Å²) in [6.45, 7) is 2.66. The number of alkyl halides is 3. The Bertz CT molecular complexity index is 1220. The highest BCUT2D eigenvalue weighted by Crippen LogP contribution is 2.49. The number of halogens is 4. The minimum atomic E-state index is -4.69. The summed E-state index contributed by atoms with van der Waals surface area (Å²) >= 11 is 6.05. The number of hydrogen-bond donors (Lipinski definition) is 1. The third-order valence-corrected chi connectivity index (χ3v) is 10.0. The molecule has 2 aromatic rings. The molecule has 1 atom stereocenters. The molecule has 36 heavy (non-hydrogen) atoms. The van der Waals surface area contributed by atoms with Gasteiger partial charge < -0.3 is 5.32 Å². The van der Waals surface area contributed by atoms with E-state index in [1.54, 1.807) is 31.2 Å². The lowest BCUT2D eigenvalue weighted by molar-refractivity contribution is -0.137. The molecule has 10 heteroatoms. The van der Waals surface area contributed by atoms with E-state index in [0.717, 1.165) is 38.3 Å². The number of likely N-dealkylation sites (N-methyl/N-ethyl adjacent to an activating group) is 1. The fourth-order valence-corrected chi connectivity index (χ4v) is 7.38. The molecule has 2 heterocycles. The molecular formula is C26H30ClF3N2O3S. The van der Waals surface area contributed by atoms with Crippen LogP contribution in [0.3, 0.4) is 0 Å². The molecule has 2 aromatic carbocycles. The molecule has 2 bridgehead atoms. The van der Waals surface area contributed by atoms with E-state index in [0.29, 0.717) is 17.9 Å². The average Bonchev–Trinajstić information content (AvgIpc) is 2.82. The molecule has 0 spiro atoms. The molecule has 1 amide bonds. The quantitative estimate of drug-likeness (QED) is 0.474. The molecule has 1 saturated carbocycles. The van der Waals surface area contributed by atoms with Gasteiger partial charge in [0.25, 0.3) is 5.91 Å². The maximum absolute atomic E-state index is 13.4. The van der Waals surface area contributed by atoms with Crippen LogP contribution in [-0.2, 0) is 16.0 Å². The molecular weight excluding hydrogens is 513 g/mol. The van der Waals surface area contributed by atoms with Gasteiger partial charge in [0, 0.05) is 12.1 Å². The summed E-state index contributed by atoms with van der Waals surface area (Å²) in [7, 11) is -1.41. The maximum atomic E-state index is 13.4. The van der Waals surface area contributed by atoms with Gasteiger partial charge in [0.15, 0.2) is 9.84 Å². The van der Waals surface area contributed by atoms with Crippen molar-refractivity contribution in [3.8, 4) is 0 Å². The summed E-state index contributed by atoms with van der Waals surface area (Å²) in [6.07, 6.45) is -0.590. The van der Waals surface area contributed by atoms with E-state index in [9.17, 15) is 26.4 Å². The van der Waals surface area contributed by atoms with Gasteiger partial charge in [-0.1, -0.05) is 36.7 Å². The van der Waals surface area contributed by atoms with Crippen molar-refractivity contribution < 1.29 is 26.4 Å². The summed E-state index contributed by atoms with van der Waals surface area (Å²) < 4.78 is 65.2. The van der Waals surface area contributed by atoms with Crippen molar-refractivity contribution in [1.29, 1.82) is 0 Å². The van der Waals surface area contributed by atoms with Gasteiger partial charge in [-0.2, -0.15) is 13.2 Å². The Morgan fingerprint density at radius 1 is 1.17 bits per heavy atom. The zero-order chi connectivity index (χ0) is 26.3. The van der Waals surface area contributed by atoms with Gasteiger partial charge >= 0.3 is 6.18 Å². The van der Waals surface area contributed by atoms with Crippen molar-refractivity contribution in [3.63, 3.8) is 0 Å². The topological polar surface area (TPSA) is 66.5 Å². The monoisotopic (exact) mass is 542 g/mol. The smallest absolute Gasteiger partial charge is 0.343 e. The Hall–Kier alpha value is -2.10. The van der Waals surface area contributed by atoms with Crippen LogP contribution >= 0.6 is 11.6 Å². The van der Waals surface area contributed by atoms with E-state index in [1.165, 1.54) is 12.1 Å². The van der Waals surface area contributed by atoms with Crippen LogP contribution in [0.4, 0.5) is 13.2 Å². The predicted octanol–water partition coefficient (Wildman–Crippen LogP) is 5.89. The number of nitrogens with one attached hydrogen (secondary N) is 1. The van der Waals surface area contributed by atoms with Crippen LogP contribution < -0.4 is 5.32 Å². The third kappa shape index (κ3) is 5.02. The number of fused-ring (bicyclic) bond motifs is 3. The van der Waals surface area contributed by atoms with Gasteiger partial charge in [0.2, 0.25) is 0 Å². The van der Waals surface area contributed by atoms with E-state index >= 15 is 0 Å². The van der Waals surface area contributed by atoms with Crippen molar-refractivity contribution in [2.45, 2.75) is 61.7 Å². The number of benzene rings is 2. The molecule has 0 radical (unpaired) electrons. The molecule has 1 aliphatic carbocycles. The molecule has 3 aliphatic rings. The lowest BCUT2D eigenvalue weighted by atomic mass is 9.66. The minimum Gasteiger partial charge on any atom is -0.343 e. The van der Waals surface area contributed by atoms with E-state index < -0.39 is 44.1 Å². The van der Waals surface area contributed by atoms with Gasteiger partial charge in [-0.15, -0.1) is 0 Å². The summed E-state index contributed by atoms with van der Waals surface area (Å²) in [5.41, 5.74) is -1.05. The molecule has 5 rings (SSSR count). The zero-order valence-corrected chi connectivity index (χ0v) is 21.8. The predicted molar refractivity (Wildman–Crippen MR) is 133 cm³/mol. The zero-order valence-electron chi connectivity index (χ0n) is 20.2. The summed E-state index contributed by atoms with van der Waals surface area (Å²) in [5, 5.41) is 2.35. The van der Waals surface area contributed by atoms with Crippen LogP contribution in [0.25, 0.3) is 0 Å². The van der Waals surface area contributed by atoms with Gasteiger partial charge in [-0.3, -0.25) is 9.69 Å². The normalized spacial score (nSPS) is 23.4. The highest BCUT2D eigenvalue weighted by Gasteiger charge is 2.50. The van der Waals surface area contributed by atoms with Gasteiger partial charge in [0.05, 0.1) is 32.8 Å². The van der Waals surface area contributed by atoms with Crippen molar-refractivity contribution in [1.82, 2.24) is 10.2 Å². The fourth-order valence-electron chi connectivity index (χ4n) is 5.74. The number of piperidine rings is 2. The van der Waals surface area contributed by atoms with E-state index in [4.69, 9.17) is 11.6 Å². The highest BCUT2D eigenvalue weighted by molar-refractivity contribution is 7.91. The van der Waals surface area contributed by atoms with Gasteiger partial charge in [-0.05, 0) is 74.9 Å². The second kappa shape index (κ2) is 9.99. The molecule has 0 aromatic heterocycles. The number of hydrogen-bond acceptors (Lipinski definition) is 4. The second-order valence-electron chi connectivity index (χ2n) is 9.89. The van der Waals surface area contributed by atoms with E-state index in [1.807, 2.05) is 7.05 Å². The van der Waals surface area contributed by atoms with Crippen LogP contribution in [0, 0.1) is 5.92 Å². The summed E-state index contributed by atoms with van der Waals surface area (Å²) in [6, 6.07) is 9.22. The first-order chi connectivity index (χ1) is 16.9. The summed E-state index contributed by atoms with van der Waals surface area (Å²) in [5.74, 6) is -0.0869. The Labute approximate surface area is 214 Å². The Kier molecular flexibility index (Phi) is 7.48. The first kappa shape index (κ1) is 26.9. The van der Waals surface area contributed by atoms with E-state index in [2.05, 4.69) is 10.2 Å². The van der Waals surface area contributed by atoms with Crippen LogP contribution in [0.1, 0.15) is 66.6 Å². The lowest BCUT2D eigenvalue weighted by Gasteiger charge is -2.57. The minimum absolute atomic E-state index is 0.0363. The highest BCUT2D eigenvalue weighted by atomic mass is 35.5. The van der Waals surface area contributed by atoms with Gasteiger partial charge in [0.1, 0.15) is 0 Å². The molecule has 1 unspecified atom stereocenters. The van der Waals surface area contributed by atoms with Crippen LogP contribution in [0.5, 0.6) is 0 Å². The first-order valence-corrected chi connectivity index (χ1v) is 14.1. The SMILES string of the molecule is CCCS(=O)(=O)c1ccc(C(NC(=O)c2cccc(C(F)(F)F)c2Cl)C23CCC(CC2)CN3C)cc1. The molecule has 1 N–H and O–H groups in total. The van der Waals surface area contributed by atoms with Crippen LogP contribution in [0.2, 0.25) is 5.02 Å². The number of rotatable bonds is 7.